The summed E-state index contributed by atoms with van der Waals surface area (Å²) in [6, 6.07) is 10.5. The molecule has 0 fully saturated rings. The number of nitrogens with zero attached hydrogens (tertiary/aromatic N) is 3. The number of benzene rings is 2. The SMILES string of the molecule is O=C(O)c1cn(-c2cccc3c(O)cccc23)nn1. The molecule has 0 aliphatic heterocycles. The van der Waals surface area contributed by atoms with Gasteiger partial charge in [0.2, 0.25) is 0 Å². The third-order valence-electron chi connectivity index (χ3n) is 2.84. The minimum absolute atomic E-state index is 0.128. The zero-order valence-electron chi connectivity index (χ0n) is 9.69. The molecule has 3 rings (SSSR count). The molecular formula is C13H9N3O3. The number of carbonyl (C=O) groups is 1. The van der Waals surface area contributed by atoms with Gasteiger partial charge in [0.25, 0.3) is 0 Å². The number of hydrogen-bond acceptors (Lipinski definition) is 4. The highest BCUT2D eigenvalue weighted by molar-refractivity contribution is 5.94. The summed E-state index contributed by atoms with van der Waals surface area (Å²) in [5, 5.41) is 27.4. The van der Waals surface area contributed by atoms with Gasteiger partial charge >= 0.3 is 5.97 Å². The molecule has 0 bridgehead atoms. The molecular weight excluding hydrogens is 246 g/mol. The second-order valence-corrected chi connectivity index (χ2v) is 4.00. The summed E-state index contributed by atoms with van der Waals surface area (Å²) < 4.78 is 1.38. The first-order valence-corrected chi connectivity index (χ1v) is 5.53. The number of aromatic nitrogens is 3. The van der Waals surface area contributed by atoms with E-state index in [4.69, 9.17) is 5.11 Å². The Morgan fingerprint density at radius 1 is 1.11 bits per heavy atom. The Balaban J connectivity index is 2.24. The quantitative estimate of drug-likeness (QED) is 0.729. The number of aromatic carboxylic acids is 1. The van der Waals surface area contributed by atoms with Gasteiger partial charge in [0.15, 0.2) is 5.69 Å². The van der Waals surface area contributed by atoms with Crippen molar-refractivity contribution < 1.29 is 15.0 Å². The standard InChI is InChI=1S/C13H9N3O3/c17-12-6-2-3-8-9(12)4-1-5-11(8)16-7-10(13(18)19)14-15-16/h1-7,17H,(H,18,19). The van der Waals surface area contributed by atoms with Crippen LogP contribution in [0, 0.1) is 0 Å². The molecule has 0 aliphatic carbocycles. The van der Waals surface area contributed by atoms with Crippen molar-refractivity contribution in [1.82, 2.24) is 15.0 Å². The summed E-state index contributed by atoms with van der Waals surface area (Å²) in [7, 11) is 0. The van der Waals surface area contributed by atoms with E-state index in [-0.39, 0.29) is 11.4 Å². The molecule has 0 aliphatic rings. The second kappa shape index (κ2) is 4.09. The van der Waals surface area contributed by atoms with Crippen molar-refractivity contribution in [1.29, 1.82) is 0 Å². The summed E-state index contributed by atoms with van der Waals surface area (Å²) >= 11 is 0. The Bertz CT molecular complexity index is 780. The first-order chi connectivity index (χ1) is 9.16. The van der Waals surface area contributed by atoms with Gasteiger partial charge in [-0.05, 0) is 12.1 Å². The number of hydrogen-bond donors (Lipinski definition) is 2. The minimum Gasteiger partial charge on any atom is -0.507 e. The van der Waals surface area contributed by atoms with Gasteiger partial charge in [0.1, 0.15) is 5.75 Å². The lowest BCUT2D eigenvalue weighted by atomic mass is 10.1. The number of aromatic hydroxyl groups is 1. The van der Waals surface area contributed by atoms with Gasteiger partial charge in [-0.1, -0.05) is 29.5 Å². The number of carboxylic acid groups (broad SMARTS) is 1. The minimum atomic E-state index is -1.13. The molecule has 0 amide bonds. The summed E-state index contributed by atoms with van der Waals surface area (Å²) in [6.07, 6.45) is 1.33. The van der Waals surface area contributed by atoms with Gasteiger partial charge in [-0.15, -0.1) is 5.10 Å². The van der Waals surface area contributed by atoms with Crippen LogP contribution in [0.2, 0.25) is 0 Å². The largest absolute Gasteiger partial charge is 0.507 e. The van der Waals surface area contributed by atoms with Crippen LogP contribution in [0.5, 0.6) is 5.75 Å². The normalized spacial score (nSPS) is 10.7. The van der Waals surface area contributed by atoms with Crippen LogP contribution in [0.25, 0.3) is 16.5 Å². The Hall–Kier alpha value is -2.89. The van der Waals surface area contributed by atoms with E-state index in [0.29, 0.717) is 11.1 Å². The van der Waals surface area contributed by atoms with Crippen LogP contribution in [0.3, 0.4) is 0 Å². The van der Waals surface area contributed by atoms with Gasteiger partial charge in [-0.2, -0.15) is 0 Å². The number of fused-ring (bicyclic) bond motifs is 1. The molecule has 2 aromatic carbocycles. The molecule has 0 radical (unpaired) electrons. The highest BCUT2D eigenvalue weighted by Gasteiger charge is 2.11. The fourth-order valence-electron chi connectivity index (χ4n) is 1.96. The van der Waals surface area contributed by atoms with Crippen molar-refractivity contribution in [3.63, 3.8) is 0 Å². The van der Waals surface area contributed by atoms with Crippen LogP contribution in [-0.2, 0) is 0 Å². The van der Waals surface area contributed by atoms with Crippen molar-refractivity contribution in [2.75, 3.05) is 0 Å². The van der Waals surface area contributed by atoms with Gasteiger partial charge in [0, 0.05) is 10.8 Å². The van der Waals surface area contributed by atoms with Crippen LogP contribution in [-0.4, -0.2) is 31.2 Å². The second-order valence-electron chi connectivity index (χ2n) is 4.00. The van der Waals surface area contributed by atoms with Crippen molar-refractivity contribution in [2.24, 2.45) is 0 Å². The zero-order valence-corrected chi connectivity index (χ0v) is 9.69. The third kappa shape index (κ3) is 1.79. The van der Waals surface area contributed by atoms with E-state index in [9.17, 15) is 9.90 Å². The zero-order chi connectivity index (χ0) is 13.4. The topological polar surface area (TPSA) is 88.2 Å². The molecule has 0 spiro atoms. The fourth-order valence-corrected chi connectivity index (χ4v) is 1.96. The monoisotopic (exact) mass is 255 g/mol. The maximum Gasteiger partial charge on any atom is 0.358 e. The summed E-state index contributed by atoms with van der Waals surface area (Å²) in [6.45, 7) is 0. The fraction of sp³-hybridized carbons (Fsp3) is 0. The third-order valence-corrected chi connectivity index (χ3v) is 2.84. The van der Waals surface area contributed by atoms with Crippen molar-refractivity contribution >= 4 is 16.7 Å². The molecule has 0 saturated carbocycles. The number of phenolic OH excluding ortho intramolecular Hbond substituents is 1. The van der Waals surface area contributed by atoms with Crippen molar-refractivity contribution in [3.8, 4) is 11.4 Å². The Morgan fingerprint density at radius 3 is 2.58 bits per heavy atom. The van der Waals surface area contributed by atoms with E-state index in [1.54, 1.807) is 30.3 Å². The van der Waals surface area contributed by atoms with E-state index in [0.717, 1.165) is 5.39 Å². The maximum atomic E-state index is 10.8. The van der Waals surface area contributed by atoms with Gasteiger partial charge in [-0.3, -0.25) is 0 Å². The van der Waals surface area contributed by atoms with E-state index in [1.807, 2.05) is 6.07 Å². The Morgan fingerprint density at radius 2 is 1.84 bits per heavy atom. The summed E-state index contributed by atoms with van der Waals surface area (Å²) in [4.78, 5) is 10.8. The van der Waals surface area contributed by atoms with E-state index < -0.39 is 5.97 Å². The molecule has 0 unspecified atom stereocenters. The van der Waals surface area contributed by atoms with E-state index >= 15 is 0 Å². The number of carboxylic acids is 1. The molecule has 3 aromatic rings. The molecule has 6 nitrogen and oxygen atoms in total. The maximum absolute atomic E-state index is 10.8. The summed E-state index contributed by atoms with van der Waals surface area (Å²) in [5.74, 6) is -0.966. The molecule has 1 aromatic heterocycles. The molecule has 2 N–H and O–H groups in total. The van der Waals surface area contributed by atoms with Crippen LogP contribution in [0.15, 0.2) is 42.6 Å². The van der Waals surface area contributed by atoms with Crippen LogP contribution >= 0.6 is 0 Å². The molecule has 1 heterocycles. The van der Waals surface area contributed by atoms with Crippen molar-refractivity contribution in [3.05, 3.63) is 48.3 Å². The van der Waals surface area contributed by atoms with Crippen LogP contribution in [0.1, 0.15) is 10.5 Å². The van der Waals surface area contributed by atoms with Gasteiger partial charge < -0.3 is 10.2 Å². The lowest BCUT2D eigenvalue weighted by Crippen LogP contribution is -1.96. The van der Waals surface area contributed by atoms with Gasteiger partial charge in [-0.25, -0.2) is 9.48 Å². The predicted molar refractivity (Wildman–Crippen MR) is 67.5 cm³/mol. The van der Waals surface area contributed by atoms with Gasteiger partial charge in [0.05, 0.1) is 11.9 Å². The predicted octanol–water partition coefficient (Wildman–Crippen LogP) is 1.82. The molecule has 0 saturated heterocycles. The molecule has 94 valence electrons. The molecule has 6 heteroatoms. The van der Waals surface area contributed by atoms with Crippen LogP contribution < -0.4 is 0 Å². The average molecular weight is 255 g/mol. The molecule has 19 heavy (non-hydrogen) atoms. The highest BCUT2D eigenvalue weighted by atomic mass is 16.4. The first kappa shape index (κ1) is 11.2. The lowest BCUT2D eigenvalue weighted by molar-refractivity contribution is 0.0690. The Labute approximate surface area is 107 Å². The number of phenols is 1. The smallest absolute Gasteiger partial charge is 0.358 e. The Kier molecular flexibility index (Phi) is 2.42. The van der Waals surface area contributed by atoms with E-state index in [1.165, 1.54) is 10.9 Å². The van der Waals surface area contributed by atoms with Crippen molar-refractivity contribution in [2.45, 2.75) is 0 Å². The van der Waals surface area contributed by atoms with E-state index in [2.05, 4.69) is 10.3 Å². The first-order valence-electron chi connectivity index (χ1n) is 5.53. The molecule has 0 atom stereocenters. The van der Waals surface area contributed by atoms with Crippen LogP contribution in [0.4, 0.5) is 0 Å². The highest BCUT2D eigenvalue weighted by Crippen LogP contribution is 2.28. The lowest BCUT2D eigenvalue weighted by Gasteiger charge is -2.06. The number of rotatable bonds is 2. The summed E-state index contributed by atoms with van der Waals surface area (Å²) in [5.41, 5.74) is 0.533. The average Bonchev–Trinajstić information content (AvgIpc) is 2.88.